The van der Waals surface area contributed by atoms with E-state index in [1.54, 1.807) is 7.05 Å². The zero-order valence-electron chi connectivity index (χ0n) is 19.7. The molecule has 0 amide bonds. The molecule has 1 saturated heterocycles. The van der Waals surface area contributed by atoms with Crippen molar-refractivity contribution in [1.82, 2.24) is 23.1 Å². The highest BCUT2D eigenvalue weighted by molar-refractivity contribution is 7.13. The summed E-state index contributed by atoms with van der Waals surface area (Å²) in [7, 11) is 1.67. The fraction of sp³-hybridized carbons (Fsp3) is 0.417. The van der Waals surface area contributed by atoms with Crippen LogP contribution >= 0.6 is 11.5 Å². The van der Waals surface area contributed by atoms with Crippen LogP contribution in [-0.2, 0) is 20.1 Å². The predicted octanol–water partition coefficient (Wildman–Crippen LogP) is 2.45. The van der Waals surface area contributed by atoms with Gasteiger partial charge in [0, 0.05) is 38.1 Å². The minimum atomic E-state index is -0.400. The number of nitrogens with zero attached hydrogens (tertiary/aromatic N) is 6. The molecule has 1 unspecified atom stereocenters. The van der Waals surface area contributed by atoms with Crippen molar-refractivity contribution in [3.05, 3.63) is 62.4 Å². The van der Waals surface area contributed by atoms with Gasteiger partial charge >= 0.3 is 5.69 Å². The molecule has 10 heteroatoms. The summed E-state index contributed by atoms with van der Waals surface area (Å²) in [4.78, 5) is 34.0. The van der Waals surface area contributed by atoms with Crippen molar-refractivity contribution >= 4 is 38.7 Å². The van der Waals surface area contributed by atoms with Crippen LogP contribution in [0.5, 0.6) is 0 Å². The van der Waals surface area contributed by atoms with E-state index in [1.165, 1.54) is 20.7 Å². The normalized spacial score (nSPS) is 16.5. The van der Waals surface area contributed by atoms with Gasteiger partial charge in [0.2, 0.25) is 5.95 Å². The van der Waals surface area contributed by atoms with Crippen molar-refractivity contribution in [2.75, 3.05) is 18.0 Å². The summed E-state index contributed by atoms with van der Waals surface area (Å²) in [5.74, 6) is 0.687. The van der Waals surface area contributed by atoms with Crippen molar-refractivity contribution in [2.45, 2.75) is 45.8 Å². The van der Waals surface area contributed by atoms with Crippen molar-refractivity contribution in [3.63, 3.8) is 0 Å². The molecule has 4 heterocycles. The Hall–Kier alpha value is -3.24. The molecule has 3 aromatic heterocycles. The van der Waals surface area contributed by atoms with E-state index in [2.05, 4.69) is 15.3 Å². The first-order valence-corrected chi connectivity index (χ1v) is 12.3. The Kier molecular flexibility index (Phi) is 5.86. The highest BCUT2D eigenvalue weighted by atomic mass is 32.1. The minimum Gasteiger partial charge on any atom is -0.341 e. The quantitative estimate of drug-likeness (QED) is 0.441. The zero-order chi connectivity index (χ0) is 24.0. The number of nitrogens with two attached hydrogens (primary N) is 1. The summed E-state index contributed by atoms with van der Waals surface area (Å²) in [6.45, 7) is 6.15. The van der Waals surface area contributed by atoms with Crippen molar-refractivity contribution in [2.24, 2.45) is 12.8 Å². The van der Waals surface area contributed by atoms with Gasteiger partial charge in [-0.25, -0.2) is 4.79 Å². The average Bonchev–Trinajstić information content (AvgIpc) is 3.41. The molecule has 1 aliphatic rings. The van der Waals surface area contributed by atoms with E-state index in [4.69, 9.17) is 10.7 Å². The second-order valence-corrected chi connectivity index (χ2v) is 9.99. The van der Waals surface area contributed by atoms with Crippen LogP contribution in [0.3, 0.4) is 0 Å². The van der Waals surface area contributed by atoms with Gasteiger partial charge in [-0.15, -0.1) is 0 Å². The van der Waals surface area contributed by atoms with E-state index >= 15 is 0 Å². The van der Waals surface area contributed by atoms with E-state index in [9.17, 15) is 9.59 Å². The maximum atomic E-state index is 13.8. The van der Waals surface area contributed by atoms with E-state index in [0.29, 0.717) is 30.2 Å². The number of allylic oxidation sites excluding steroid dienone is 2. The molecular formula is C24H29N7O2S. The minimum absolute atomic E-state index is 0.0592. The van der Waals surface area contributed by atoms with Crippen molar-refractivity contribution in [1.29, 1.82) is 0 Å². The number of benzene rings is 1. The second-order valence-electron chi connectivity index (χ2n) is 9.18. The van der Waals surface area contributed by atoms with Gasteiger partial charge in [0.1, 0.15) is 0 Å². The summed E-state index contributed by atoms with van der Waals surface area (Å²) in [6.07, 6.45) is 4.00. The van der Waals surface area contributed by atoms with Gasteiger partial charge in [0.15, 0.2) is 11.2 Å². The Morgan fingerprint density at radius 3 is 2.79 bits per heavy atom. The second kappa shape index (κ2) is 8.84. The average molecular weight is 480 g/mol. The number of aromatic nitrogens is 5. The molecule has 34 heavy (non-hydrogen) atoms. The van der Waals surface area contributed by atoms with Gasteiger partial charge < -0.3 is 15.2 Å². The number of hydrogen-bond acceptors (Lipinski definition) is 7. The smallest absolute Gasteiger partial charge is 0.332 e. The first-order chi connectivity index (χ1) is 16.3. The van der Waals surface area contributed by atoms with Crippen molar-refractivity contribution in [3.8, 4) is 0 Å². The number of piperidine rings is 1. The van der Waals surface area contributed by atoms with Gasteiger partial charge in [0.25, 0.3) is 5.56 Å². The van der Waals surface area contributed by atoms with Crippen LogP contribution in [0.15, 0.2) is 45.5 Å². The molecule has 4 aromatic rings. The third-order valence-corrected chi connectivity index (χ3v) is 7.26. The number of anilines is 1. The Balaban J connectivity index is 1.71. The van der Waals surface area contributed by atoms with Gasteiger partial charge in [-0.1, -0.05) is 29.8 Å². The molecular weight excluding hydrogens is 450 g/mol. The molecule has 2 N–H and O–H groups in total. The predicted molar refractivity (Wildman–Crippen MR) is 137 cm³/mol. The number of imidazole rings is 1. The highest BCUT2D eigenvalue weighted by Crippen LogP contribution is 2.25. The summed E-state index contributed by atoms with van der Waals surface area (Å²) in [6, 6.07) is 7.92. The third-order valence-electron chi connectivity index (χ3n) is 6.40. The first-order valence-electron chi connectivity index (χ1n) is 11.5. The lowest BCUT2D eigenvalue weighted by Gasteiger charge is -2.31. The van der Waals surface area contributed by atoms with Gasteiger partial charge in [0.05, 0.1) is 16.9 Å². The van der Waals surface area contributed by atoms with E-state index in [-0.39, 0.29) is 18.1 Å². The van der Waals surface area contributed by atoms with Crippen LogP contribution in [-0.4, -0.2) is 42.2 Å². The number of fused-ring (bicyclic) bond motifs is 2. The molecule has 178 valence electrons. The molecule has 0 aliphatic carbocycles. The maximum absolute atomic E-state index is 13.8. The molecule has 0 spiro atoms. The van der Waals surface area contributed by atoms with Crippen molar-refractivity contribution < 1.29 is 0 Å². The van der Waals surface area contributed by atoms with Gasteiger partial charge in [-0.3, -0.25) is 13.9 Å². The topological polar surface area (TPSA) is 104 Å². The Bertz CT molecular complexity index is 1520. The number of rotatable bonds is 5. The van der Waals surface area contributed by atoms with Crippen LogP contribution in [0.2, 0.25) is 0 Å². The van der Waals surface area contributed by atoms with Gasteiger partial charge in [-0.05, 0) is 44.3 Å². The standard InChI is InChI=1S/C24H29N7O2S/c1-15(2)10-12-30-20-21(26-23(30)29-11-6-7-16(25)13-29)28(3)24(33)31(22(20)32)14-18-17-8-4-5-9-19(17)34-27-18/h4-5,8-10,16H,6-7,11-14,25H2,1-3H3. The monoisotopic (exact) mass is 479 g/mol. The van der Waals surface area contributed by atoms with E-state index in [0.717, 1.165) is 40.7 Å². The summed E-state index contributed by atoms with van der Waals surface area (Å²) in [5.41, 5.74) is 8.17. The molecule has 0 saturated carbocycles. The van der Waals surface area contributed by atoms with Crippen LogP contribution in [0.1, 0.15) is 32.4 Å². The Labute approximate surface area is 200 Å². The van der Waals surface area contributed by atoms with Gasteiger partial charge in [-0.2, -0.15) is 9.36 Å². The molecule has 5 rings (SSSR count). The molecule has 0 bridgehead atoms. The summed E-state index contributed by atoms with van der Waals surface area (Å²) < 4.78 is 10.2. The van der Waals surface area contributed by atoms with Crippen LogP contribution in [0, 0.1) is 0 Å². The third kappa shape index (κ3) is 3.86. The van der Waals surface area contributed by atoms with Crippen LogP contribution < -0.4 is 21.9 Å². The van der Waals surface area contributed by atoms with Crippen LogP contribution in [0.4, 0.5) is 5.95 Å². The first kappa shape index (κ1) is 22.5. The lowest BCUT2D eigenvalue weighted by molar-refractivity contribution is 0.495. The fourth-order valence-electron chi connectivity index (χ4n) is 4.58. The van der Waals surface area contributed by atoms with Crippen LogP contribution in [0.25, 0.3) is 21.3 Å². The summed E-state index contributed by atoms with van der Waals surface area (Å²) >= 11 is 1.37. The summed E-state index contributed by atoms with van der Waals surface area (Å²) in [5, 5.41) is 0.961. The Morgan fingerprint density at radius 2 is 2.03 bits per heavy atom. The lowest BCUT2D eigenvalue weighted by Crippen LogP contribution is -2.44. The molecule has 1 fully saturated rings. The number of aryl methyl sites for hydroxylation is 1. The molecule has 1 aliphatic heterocycles. The SMILES string of the molecule is CC(C)=CCn1c(N2CCCC(N)C2)nc2c1c(=O)n(Cc1nsc3ccccc13)c(=O)n2C. The molecule has 1 atom stereocenters. The largest absolute Gasteiger partial charge is 0.341 e. The maximum Gasteiger partial charge on any atom is 0.332 e. The zero-order valence-corrected chi connectivity index (χ0v) is 20.5. The molecule has 1 aromatic carbocycles. The molecule has 9 nitrogen and oxygen atoms in total. The van der Waals surface area contributed by atoms with E-state index in [1.807, 2.05) is 42.7 Å². The Morgan fingerprint density at radius 1 is 1.24 bits per heavy atom. The lowest BCUT2D eigenvalue weighted by atomic mass is 10.1. The van der Waals surface area contributed by atoms with E-state index < -0.39 is 5.69 Å². The highest BCUT2D eigenvalue weighted by Gasteiger charge is 2.26. The number of hydrogen-bond donors (Lipinski definition) is 1. The molecule has 0 radical (unpaired) electrons. The fourth-order valence-corrected chi connectivity index (χ4v) is 5.37.